The highest BCUT2D eigenvalue weighted by Crippen LogP contribution is 2.74. The molecule has 2 saturated heterocycles. The van der Waals surface area contributed by atoms with E-state index in [2.05, 4.69) is 33.9 Å². The Morgan fingerprint density at radius 3 is 2.27 bits per heavy atom. The molecule has 1 aromatic rings. The predicted octanol–water partition coefficient (Wildman–Crippen LogP) is 3.00. The molecule has 4 amide bonds. The molecule has 0 bridgehead atoms. The minimum Gasteiger partial charge on any atom is -0.356 e. The Kier molecular flexibility index (Phi) is 8.55. The average molecular weight is 614 g/mol. The second-order valence-corrected chi connectivity index (χ2v) is 13.8. The van der Waals surface area contributed by atoms with Crippen LogP contribution in [0.2, 0.25) is 0 Å². The van der Waals surface area contributed by atoms with Crippen molar-refractivity contribution in [3.05, 3.63) is 35.4 Å². The number of piperidine rings is 1. The van der Waals surface area contributed by atoms with Crippen LogP contribution in [0.15, 0.2) is 24.3 Å². The molecule has 1 saturated carbocycles. The van der Waals surface area contributed by atoms with Crippen molar-refractivity contribution in [1.29, 1.82) is 5.26 Å². The van der Waals surface area contributed by atoms with E-state index in [0.717, 1.165) is 24.3 Å². The van der Waals surface area contributed by atoms with Crippen molar-refractivity contribution in [2.24, 2.45) is 28.1 Å². The van der Waals surface area contributed by atoms with Gasteiger partial charge in [0.2, 0.25) is 17.7 Å². The van der Waals surface area contributed by atoms with Gasteiger partial charge in [0.25, 0.3) is 5.91 Å². The molecule has 9 nitrogen and oxygen atoms in total. The third-order valence-corrected chi connectivity index (χ3v) is 9.63. The van der Waals surface area contributed by atoms with E-state index < -0.39 is 53.0 Å². The molecule has 236 valence electrons. The molecule has 0 unspecified atom stereocenters. The van der Waals surface area contributed by atoms with Crippen molar-refractivity contribution in [3.63, 3.8) is 0 Å². The number of likely N-dealkylation sites (tertiary alicyclic amines) is 1. The lowest BCUT2D eigenvalue weighted by Gasteiger charge is -2.38. The third-order valence-electron chi connectivity index (χ3n) is 9.63. The number of carbonyl (C=O) groups excluding carboxylic acids is 4. The van der Waals surface area contributed by atoms with Crippen LogP contribution in [-0.2, 0) is 25.4 Å². The van der Waals surface area contributed by atoms with Gasteiger partial charge in [-0.15, -0.1) is 0 Å². The molecule has 1 aromatic carbocycles. The average Bonchev–Trinajstić information content (AvgIpc) is 3.27. The number of rotatable bonds is 6. The fourth-order valence-corrected chi connectivity index (χ4v) is 6.71. The number of hydrogen-bond acceptors (Lipinski definition) is 5. The summed E-state index contributed by atoms with van der Waals surface area (Å²) < 4.78 is 38.5. The maximum Gasteiger partial charge on any atom is 0.416 e. The van der Waals surface area contributed by atoms with E-state index in [0.29, 0.717) is 13.0 Å². The molecule has 2 heterocycles. The second-order valence-electron chi connectivity index (χ2n) is 13.8. The van der Waals surface area contributed by atoms with Gasteiger partial charge in [0.1, 0.15) is 18.1 Å². The first-order valence-electron chi connectivity index (χ1n) is 14.6. The van der Waals surface area contributed by atoms with Crippen LogP contribution in [-0.4, -0.2) is 59.7 Å². The zero-order valence-electron chi connectivity index (χ0n) is 25.7. The van der Waals surface area contributed by atoms with Crippen LogP contribution >= 0.6 is 0 Å². The summed E-state index contributed by atoms with van der Waals surface area (Å²) in [5, 5.41) is 17.9. The summed E-state index contributed by atoms with van der Waals surface area (Å²) in [7, 11) is 0. The van der Waals surface area contributed by atoms with Crippen LogP contribution in [0.3, 0.4) is 0 Å². The van der Waals surface area contributed by atoms with Gasteiger partial charge < -0.3 is 20.9 Å². The summed E-state index contributed by atoms with van der Waals surface area (Å²) in [5.41, 5.74) is -2.06. The lowest BCUT2D eigenvalue weighted by Crippen LogP contribution is -2.60. The van der Waals surface area contributed by atoms with E-state index in [1.165, 1.54) is 4.90 Å². The monoisotopic (exact) mass is 613 g/mol. The van der Waals surface area contributed by atoms with E-state index in [1.54, 1.807) is 20.8 Å². The molecule has 3 N–H and O–H groups in total. The van der Waals surface area contributed by atoms with Gasteiger partial charge in [0, 0.05) is 36.4 Å². The van der Waals surface area contributed by atoms with Crippen LogP contribution in [0.4, 0.5) is 13.2 Å². The molecule has 1 aliphatic carbocycles. The number of amides is 4. The summed E-state index contributed by atoms with van der Waals surface area (Å²) in [6.07, 6.45) is -3.76. The Morgan fingerprint density at radius 2 is 1.75 bits per heavy atom. The van der Waals surface area contributed by atoms with Gasteiger partial charge in [-0.1, -0.05) is 47.5 Å². The highest BCUT2D eigenvalue weighted by Gasteiger charge is 2.77. The van der Waals surface area contributed by atoms with Crippen molar-refractivity contribution >= 4 is 23.6 Å². The van der Waals surface area contributed by atoms with Gasteiger partial charge in [-0.25, -0.2) is 0 Å². The molecule has 0 spiro atoms. The molecule has 44 heavy (non-hydrogen) atoms. The molecular weight excluding hydrogens is 575 g/mol. The summed E-state index contributed by atoms with van der Waals surface area (Å²) >= 11 is 0. The van der Waals surface area contributed by atoms with Crippen LogP contribution < -0.4 is 16.0 Å². The minimum absolute atomic E-state index is 0.154. The number of nitriles is 1. The zero-order chi connectivity index (χ0) is 32.8. The number of nitrogens with one attached hydrogen (secondary N) is 3. The van der Waals surface area contributed by atoms with Crippen molar-refractivity contribution in [3.8, 4) is 17.9 Å². The summed E-state index contributed by atoms with van der Waals surface area (Å²) in [6, 6.07) is 3.24. The molecule has 2 aliphatic heterocycles. The van der Waals surface area contributed by atoms with E-state index in [9.17, 15) is 37.6 Å². The Labute approximate surface area is 255 Å². The Bertz CT molecular complexity index is 1450. The SMILES string of the molecule is CC(C)(C)[C@H](NC(=O)C#Cc1ccc(C(F)(F)F)cc1)C(=O)N1C[C@@]2(C)[C@@H]([C@H]1C(=O)N[C@H](C#N)C[C@@H]1CCNC1=O)C2(C)C. The third kappa shape index (κ3) is 6.26. The fourth-order valence-electron chi connectivity index (χ4n) is 6.71. The normalized spacial score (nSPS) is 26.7. The van der Waals surface area contributed by atoms with E-state index in [-0.39, 0.29) is 47.1 Å². The van der Waals surface area contributed by atoms with Crippen LogP contribution in [0.5, 0.6) is 0 Å². The number of benzene rings is 1. The van der Waals surface area contributed by atoms with Crippen molar-refractivity contribution < 1.29 is 32.3 Å². The number of fused-ring (bicyclic) bond motifs is 1. The fraction of sp³-hybridized carbons (Fsp3) is 0.594. The Hall–Kier alpha value is -4.06. The number of alkyl halides is 3. The number of nitrogens with zero attached hydrogens (tertiary/aromatic N) is 2. The molecule has 0 aromatic heterocycles. The highest BCUT2D eigenvalue weighted by molar-refractivity contribution is 5.99. The number of hydrogen-bond donors (Lipinski definition) is 3. The van der Waals surface area contributed by atoms with Crippen LogP contribution in [0, 0.1) is 51.3 Å². The van der Waals surface area contributed by atoms with Gasteiger partial charge in [-0.05, 0) is 53.4 Å². The maximum absolute atomic E-state index is 14.1. The zero-order valence-corrected chi connectivity index (χ0v) is 25.7. The first-order valence-corrected chi connectivity index (χ1v) is 14.6. The maximum atomic E-state index is 14.1. The van der Waals surface area contributed by atoms with Gasteiger partial charge in [0.05, 0.1) is 11.6 Å². The predicted molar refractivity (Wildman–Crippen MR) is 154 cm³/mol. The lowest BCUT2D eigenvalue weighted by molar-refractivity contribution is -0.145. The number of carbonyl (C=O) groups is 4. The van der Waals surface area contributed by atoms with Crippen LogP contribution in [0.1, 0.15) is 65.5 Å². The molecule has 0 radical (unpaired) electrons. The van der Waals surface area contributed by atoms with Gasteiger partial charge in [0.15, 0.2) is 0 Å². The van der Waals surface area contributed by atoms with Crippen LogP contribution in [0.25, 0.3) is 0 Å². The summed E-state index contributed by atoms with van der Waals surface area (Å²) in [4.78, 5) is 54.3. The smallest absolute Gasteiger partial charge is 0.356 e. The minimum atomic E-state index is -4.50. The molecule has 3 aliphatic rings. The molecular formula is C32H38F3N5O4. The van der Waals surface area contributed by atoms with Gasteiger partial charge in [-0.3, -0.25) is 19.2 Å². The highest BCUT2D eigenvalue weighted by atomic mass is 19.4. The van der Waals surface area contributed by atoms with Gasteiger partial charge in [-0.2, -0.15) is 18.4 Å². The quantitative estimate of drug-likeness (QED) is 0.425. The summed E-state index contributed by atoms with van der Waals surface area (Å²) in [6.45, 7) is 12.1. The van der Waals surface area contributed by atoms with Crippen molar-refractivity contribution in [1.82, 2.24) is 20.9 Å². The first-order chi connectivity index (χ1) is 20.3. The summed E-state index contributed by atoms with van der Waals surface area (Å²) in [5.74, 6) is 2.40. The molecule has 3 fully saturated rings. The van der Waals surface area contributed by atoms with Crippen molar-refractivity contribution in [2.75, 3.05) is 13.1 Å². The lowest BCUT2D eigenvalue weighted by atomic mass is 9.85. The standard InChI is InChI=1S/C32H38F3N5O4/c1-29(2,3)25(39-22(41)12-9-18-7-10-20(11-8-18)32(33,34)35)28(44)40-17-31(6)24(30(31,4)5)23(40)27(43)38-21(16-36)15-19-13-14-37-26(19)42/h7-8,10-11,19,21,23-25H,13-15,17H2,1-6H3,(H,37,42)(H,38,43)(H,39,41)/t19-,21-,23-,24-,25+,31-/m0/s1. The topological polar surface area (TPSA) is 131 Å². The first kappa shape index (κ1) is 32.8. The largest absolute Gasteiger partial charge is 0.416 e. The molecule has 4 rings (SSSR count). The Balaban J connectivity index is 1.52. The Morgan fingerprint density at radius 1 is 1.11 bits per heavy atom. The van der Waals surface area contributed by atoms with Crippen molar-refractivity contribution in [2.45, 2.75) is 78.7 Å². The van der Waals surface area contributed by atoms with E-state index in [4.69, 9.17) is 0 Å². The molecule has 6 atom stereocenters. The number of halogens is 3. The van der Waals surface area contributed by atoms with Gasteiger partial charge >= 0.3 is 6.18 Å². The van der Waals surface area contributed by atoms with E-state index in [1.807, 2.05) is 20.8 Å². The van der Waals surface area contributed by atoms with E-state index >= 15 is 0 Å². The molecule has 12 heteroatoms. The second kappa shape index (κ2) is 11.5.